The van der Waals surface area contributed by atoms with Gasteiger partial charge in [0.25, 0.3) is 0 Å². The second-order valence-corrected chi connectivity index (χ2v) is 6.50. The Bertz CT molecular complexity index is 409. The molecule has 0 heterocycles. The average molecular weight is 284 g/mol. The number of aliphatic carboxylic acids is 1. The molecule has 0 saturated carbocycles. The lowest BCUT2D eigenvalue weighted by Gasteiger charge is -2.26. The Labute approximate surface area is 120 Å². The van der Waals surface area contributed by atoms with E-state index in [1.807, 2.05) is 24.3 Å². The molecule has 1 atom stereocenters. The maximum Gasteiger partial charge on any atom is 0.304 e. The molecule has 0 aromatic heterocycles. The molecular formula is C15H22ClNO2. The summed E-state index contributed by atoms with van der Waals surface area (Å²) in [6, 6.07) is 7.56. The highest BCUT2D eigenvalue weighted by Crippen LogP contribution is 2.22. The Hall–Kier alpha value is -1.06. The van der Waals surface area contributed by atoms with Gasteiger partial charge < -0.3 is 10.4 Å². The van der Waals surface area contributed by atoms with Crippen LogP contribution in [0.4, 0.5) is 0 Å². The highest BCUT2D eigenvalue weighted by molar-refractivity contribution is 6.30. The molecule has 0 spiro atoms. The summed E-state index contributed by atoms with van der Waals surface area (Å²) in [6.07, 6.45) is 0.970. The third-order valence-electron chi connectivity index (χ3n) is 2.79. The number of carbonyl (C=O) groups is 1. The van der Waals surface area contributed by atoms with Gasteiger partial charge in [0.1, 0.15) is 0 Å². The normalized spacial score (nSPS) is 13.3. The van der Waals surface area contributed by atoms with Crippen LogP contribution in [0, 0.1) is 5.41 Å². The van der Waals surface area contributed by atoms with Crippen LogP contribution < -0.4 is 5.32 Å². The van der Waals surface area contributed by atoms with Gasteiger partial charge in [0.15, 0.2) is 0 Å². The SMILES string of the molecule is CC(C)(C)CC(CC(=O)O)NCc1ccc(Cl)cc1. The predicted molar refractivity (Wildman–Crippen MR) is 78.4 cm³/mol. The molecule has 0 saturated heterocycles. The summed E-state index contributed by atoms with van der Waals surface area (Å²) >= 11 is 5.83. The van der Waals surface area contributed by atoms with E-state index in [1.54, 1.807) is 0 Å². The zero-order valence-electron chi connectivity index (χ0n) is 11.7. The van der Waals surface area contributed by atoms with Crippen molar-refractivity contribution in [1.82, 2.24) is 5.32 Å². The van der Waals surface area contributed by atoms with Crippen LogP contribution in [-0.4, -0.2) is 17.1 Å². The molecule has 0 amide bonds. The van der Waals surface area contributed by atoms with Crippen molar-refractivity contribution in [3.63, 3.8) is 0 Å². The summed E-state index contributed by atoms with van der Waals surface area (Å²) in [4.78, 5) is 10.9. The fourth-order valence-corrected chi connectivity index (χ4v) is 2.16. The van der Waals surface area contributed by atoms with Crippen LogP contribution in [-0.2, 0) is 11.3 Å². The molecule has 0 aliphatic heterocycles. The van der Waals surface area contributed by atoms with E-state index in [0.29, 0.717) is 11.6 Å². The Balaban J connectivity index is 2.57. The number of nitrogens with one attached hydrogen (secondary N) is 1. The van der Waals surface area contributed by atoms with Gasteiger partial charge in [-0.25, -0.2) is 0 Å². The monoisotopic (exact) mass is 283 g/mol. The third-order valence-corrected chi connectivity index (χ3v) is 3.04. The van der Waals surface area contributed by atoms with Gasteiger partial charge in [-0.15, -0.1) is 0 Å². The molecule has 0 radical (unpaired) electrons. The van der Waals surface area contributed by atoms with Crippen LogP contribution >= 0.6 is 11.6 Å². The van der Waals surface area contributed by atoms with Crippen LogP contribution in [0.2, 0.25) is 5.02 Å². The summed E-state index contributed by atoms with van der Waals surface area (Å²) in [5.74, 6) is -0.766. The van der Waals surface area contributed by atoms with Crippen molar-refractivity contribution >= 4 is 17.6 Å². The lowest BCUT2D eigenvalue weighted by molar-refractivity contribution is -0.137. The second-order valence-electron chi connectivity index (χ2n) is 6.07. The quantitative estimate of drug-likeness (QED) is 0.837. The fraction of sp³-hybridized carbons (Fsp3) is 0.533. The topological polar surface area (TPSA) is 49.3 Å². The van der Waals surface area contributed by atoms with Crippen molar-refractivity contribution in [2.75, 3.05) is 0 Å². The van der Waals surface area contributed by atoms with Crippen LogP contribution in [0.1, 0.15) is 39.2 Å². The first-order chi connectivity index (χ1) is 8.76. The van der Waals surface area contributed by atoms with Gasteiger partial charge in [-0.05, 0) is 29.5 Å². The minimum atomic E-state index is -0.766. The van der Waals surface area contributed by atoms with Crippen LogP contribution in [0.15, 0.2) is 24.3 Å². The van der Waals surface area contributed by atoms with Crippen LogP contribution in [0.5, 0.6) is 0 Å². The van der Waals surface area contributed by atoms with Crippen molar-refractivity contribution in [1.29, 1.82) is 0 Å². The van der Waals surface area contributed by atoms with E-state index in [0.717, 1.165) is 12.0 Å². The summed E-state index contributed by atoms with van der Waals surface area (Å²) in [5.41, 5.74) is 1.21. The molecule has 3 nitrogen and oxygen atoms in total. The summed E-state index contributed by atoms with van der Waals surface area (Å²) < 4.78 is 0. The lowest BCUT2D eigenvalue weighted by atomic mass is 9.87. The van der Waals surface area contributed by atoms with Crippen molar-refractivity contribution in [2.45, 2.75) is 46.2 Å². The van der Waals surface area contributed by atoms with Gasteiger partial charge in [0, 0.05) is 17.6 Å². The first-order valence-electron chi connectivity index (χ1n) is 6.46. The first kappa shape index (κ1) is 16.0. The van der Waals surface area contributed by atoms with Gasteiger partial charge in [-0.3, -0.25) is 4.79 Å². The molecule has 1 aromatic carbocycles. The van der Waals surface area contributed by atoms with E-state index in [-0.39, 0.29) is 17.9 Å². The fourth-order valence-electron chi connectivity index (χ4n) is 2.03. The zero-order valence-corrected chi connectivity index (χ0v) is 12.5. The molecule has 0 fully saturated rings. The molecule has 1 unspecified atom stereocenters. The summed E-state index contributed by atoms with van der Waals surface area (Å²) in [5, 5.41) is 13.0. The van der Waals surface area contributed by atoms with Crippen molar-refractivity contribution < 1.29 is 9.90 Å². The lowest BCUT2D eigenvalue weighted by Crippen LogP contribution is -2.34. The van der Waals surface area contributed by atoms with Gasteiger partial charge in [-0.2, -0.15) is 0 Å². The predicted octanol–water partition coefficient (Wildman–Crippen LogP) is 3.71. The zero-order chi connectivity index (χ0) is 14.5. The maximum atomic E-state index is 10.9. The minimum Gasteiger partial charge on any atom is -0.481 e. The number of benzene rings is 1. The first-order valence-corrected chi connectivity index (χ1v) is 6.84. The Morgan fingerprint density at radius 2 is 1.89 bits per heavy atom. The molecule has 0 aliphatic carbocycles. The molecule has 106 valence electrons. The maximum absolute atomic E-state index is 10.9. The third kappa shape index (κ3) is 7.19. The molecular weight excluding hydrogens is 262 g/mol. The molecule has 2 N–H and O–H groups in total. The number of rotatable bonds is 6. The van der Waals surface area contributed by atoms with Crippen molar-refractivity contribution in [3.05, 3.63) is 34.9 Å². The summed E-state index contributed by atoms with van der Waals surface area (Å²) in [6.45, 7) is 7.01. The van der Waals surface area contributed by atoms with E-state index in [9.17, 15) is 4.79 Å². The molecule has 1 rings (SSSR count). The smallest absolute Gasteiger partial charge is 0.304 e. The number of carboxylic acid groups (broad SMARTS) is 1. The molecule has 1 aromatic rings. The van der Waals surface area contributed by atoms with E-state index < -0.39 is 5.97 Å². The molecule has 4 heteroatoms. The number of hydrogen-bond donors (Lipinski definition) is 2. The number of carboxylic acids is 1. The van der Waals surface area contributed by atoms with Gasteiger partial charge in [-0.1, -0.05) is 44.5 Å². The highest BCUT2D eigenvalue weighted by atomic mass is 35.5. The standard InChI is InChI=1S/C15H22ClNO2/c1-15(2,3)9-13(8-14(18)19)17-10-11-4-6-12(16)7-5-11/h4-7,13,17H,8-10H2,1-3H3,(H,18,19). The number of halogens is 1. The van der Waals surface area contributed by atoms with Crippen LogP contribution in [0.3, 0.4) is 0 Å². The number of hydrogen-bond acceptors (Lipinski definition) is 2. The molecule has 19 heavy (non-hydrogen) atoms. The molecule has 0 aliphatic rings. The summed E-state index contributed by atoms with van der Waals surface area (Å²) in [7, 11) is 0. The largest absolute Gasteiger partial charge is 0.481 e. The van der Waals surface area contributed by atoms with E-state index in [4.69, 9.17) is 16.7 Å². The highest BCUT2D eigenvalue weighted by Gasteiger charge is 2.20. The Morgan fingerprint density at radius 1 is 1.32 bits per heavy atom. The molecule has 0 bridgehead atoms. The second kappa shape index (κ2) is 6.92. The van der Waals surface area contributed by atoms with Crippen molar-refractivity contribution in [3.8, 4) is 0 Å². The Kier molecular flexibility index (Phi) is 5.83. The van der Waals surface area contributed by atoms with Gasteiger partial charge >= 0.3 is 5.97 Å². The average Bonchev–Trinajstić information content (AvgIpc) is 2.25. The van der Waals surface area contributed by atoms with Crippen LogP contribution in [0.25, 0.3) is 0 Å². The van der Waals surface area contributed by atoms with Gasteiger partial charge in [0.05, 0.1) is 6.42 Å². The Morgan fingerprint density at radius 3 is 2.37 bits per heavy atom. The van der Waals surface area contributed by atoms with E-state index >= 15 is 0 Å². The van der Waals surface area contributed by atoms with Crippen molar-refractivity contribution in [2.24, 2.45) is 5.41 Å². The van der Waals surface area contributed by atoms with E-state index in [2.05, 4.69) is 26.1 Å². The van der Waals surface area contributed by atoms with Gasteiger partial charge in [0.2, 0.25) is 0 Å². The van der Waals surface area contributed by atoms with E-state index in [1.165, 1.54) is 0 Å². The minimum absolute atomic E-state index is 0.0202.